The maximum Gasteiger partial charge on any atom is 0.0596 e. The third-order valence-corrected chi connectivity index (χ3v) is 2.37. The maximum absolute atomic E-state index is 5.83. The Kier molecular flexibility index (Phi) is 1.66. The summed E-state index contributed by atoms with van der Waals surface area (Å²) in [5.41, 5.74) is 14.1. The van der Waals surface area contributed by atoms with Crippen LogP contribution in [0.4, 0.5) is 11.4 Å². The van der Waals surface area contributed by atoms with Crippen molar-refractivity contribution in [3.05, 3.63) is 23.8 Å². The van der Waals surface area contributed by atoms with Gasteiger partial charge in [-0.25, -0.2) is 0 Å². The molecule has 2 rings (SSSR count). The average Bonchev–Trinajstić information content (AvgIpc) is 1.95. The number of anilines is 2. The lowest BCUT2D eigenvalue weighted by Gasteiger charge is -2.29. The number of hydrogen-bond acceptors (Lipinski definition) is 3. The summed E-state index contributed by atoms with van der Waals surface area (Å²) in [6.45, 7) is 1.08. The molecule has 1 unspecified atom stereocenters. The monoisotopic (exact) mass is 163 g/mol. The first kappa shape index (κ1) is 7.43. The first-order chi connectivity index (χ1) is 5.79. The second-order valence-electron chi connectivity index (χ2n) is 3.15. The molecule has 1 heterocycles. The average molecular weight is 163 g/mol. The van der Waals surface area contributed by atoms with Gasteiger partial charge in [0, 0.05) is 6.04 Å². The number of para-hydroxylation sites is 1. The van der Waals surface area contributed by atoms with Gasteiger partial charge in [0.05, 0.1) is 11.4 Å². The zero-order valence-corrected chi connectivity index (χ0v) is 6.88. The van der Waals surface area contributed by atoms with Crippen molar-refractivity contribution in [1.82, 2.24) is 5.32 Å². The Hall–Kier alpha value is -1.22. The Morgan fingerprint density at radius 1 is 1.33 bits per heavy atom. The van der Waals surface area contributed by atoms with E-state index in [0.29, 0.717) is 11.7 Å². The van der Waals surface area contributed by atoms with E-state index in [1.54, 1.807) is 0 Å². The van der Waals surface area contributed by atoms with E-state index in [1.165, 1.54) is 0 Å². The lowest BCUT2D eigenvalue weighted by Crippen LogP contribution is -2.35. The lowest BCUT2D eigenvalue weighted by molar-refractivity contribution is 0.384. The Labute approximate surface area is 71.8 Å². The summed E-state index contributed by atoms with van der Waals surface area (Å²) in [6.07, 6.45) is 1.16. The summed E-state index contributed by atoms with van der Waals surface area (Å²) in [6, 6.07) is 6.23. The highest BCUT2D eigenvalue weighted by Gasteiger charge is 2.20. The molecular weight excluding hydrogens is 150 g/mol. The standard InChI is InChI=1S/C9H13N3/c10-7-3-1-2-6(9(7)11)8-4-5-12-8/h1-3,8,12H,4-5,10-11H2. The molecule has 3 nitrogen and oxygen atoms in total. The van der Waals surface area contributed by atoms with Crippen molar-refractivity contribution in [2.45, 2.75) is 12.5 Å². The highest BCUT2D eigenvalue weighted by Crippen LogP contribution is 2.30. The van der Waals surface area contributed by atoms with Crippen molar-refractivity contribution in [2.75, 3.05) is 18.0 Å². The first-order valence-corrected chi connectivity index (χ1v) is 4.16. The van der Waals surface area contributed by atoms with E-state index < -0.39 is 0 Å². The molecule has 0 bridgehead atoms. The van der Waals surface area contributed by atoms with E-state index in [9.17, 15) is 0 Å². The quantitative estimate of drug-likeness (QED) is 0.539. The fourth-order valence-corrected chi connectivity index (χ4v) is 1.46. The summed E-state index contributed by atoms with van der Waals surface area (Å²) >= 11 is 0. The number of nitrogens with two attached hydrogens (primary N) is 2. The van der Waals surface area contributed by atoms with Crippen molar-refractivity contribution in [2.24, 2.45) is 0 Å². The third-order valence-electron chi connectivity index (χ3n) is 2.37. The van der Waals surface area contributed by atoms with E-state index in [0.717, 1.165) is 24.2 Å². The molecule has 1 aliphatic heterocycles. The molecular formula is C9H13N3. The third kappa shape index (κ3) is 1.02. The van der Waals surface area contributed by atoms with Crippen LogP contribution in [-0.2, 0) is 0 Å². The fraction of sp³-hybridized carbons (Fsp3) is 0.333. The highest BCUT2D eigenvalue weighted by molar-refractivity contribution is 5.68. The minimum Gasteiger partial charge on any atom is -0.397 e. The molecule has 1 aromatic rings. The number of nitrogen functional groups attached to an aromatic ring is 2. The normalized spacial score (nSPS) is 21.8. The number of nitrogens with one attached hydrogen (secondary N) is 1. The van der Waals surface area contributed by atoms with Gasteiger partial charge in [-0.1, -0.05) is 12.1 Å². The molecule has 0 amide bonds. The van der Waals surface area contributed by atoms with E-state index >= 15 is 0 Å². The summed E-state index contributed by atoms with van der Waals surface area (Å²) in [7, 11) is 0. The molecule has 1 aliphatic rings. The minimum atomic E-state index is 0.425. The van der Waals surface area contributed by atoms with E-state index in [1.807, 2.05) is 18.2 Å². The SMILES string of the molecule is Nc1cccc(C2CCN2)c1N. The molecule has 3 heteroatoms. The van der Waals surface area contributed by atoms with Crippen molar-refractivity contribution in [3.63, 3.8) is 0 Å². The topological polar surface area (TPSA) is 64.1 Å². The highest BCUT2D eigenvalue weighted by atomic mass is 15.0. The van der Waals surface area contributed by atoms with Crippen LogP contribution in [0.2, 0.25) is 0 Å². The molecule has 0 spiro atoms. The van der Waals surface area contributed by atoms with Crippen LogP contribution in [-0.4, -0.2) is 6.54 Å². The predicted molar refractivity (Wildman–Crippen MR) is 50.6 cm³/mol. The Morgan fingerprint density at radius 3 is 2.67 bits per heavy atom. The minimum absolute atomic E-state index is 0.425. The van der Waals surface area contributed by atoms with Crippen molar-refractivity contribution in [1.29, 1.82) is 0 Å². The van der Waals surface area contributed by atoms with Gasteiger partial charge in [0.2, 0.25) is 0 Å². The molecule has 0 aliphatic carbocycles. The zero-order chi connectivity index (χ0) is 8.55. The molecule has 12 heavy (non-hydrogen) atoms. The van der Waals surface area contributed by atoms with Gasteiger partial charge in [-0.3, -0.25) is 0 Å². The smallest absolute Gasteiger partial charge is 0.0596 e. The van der Waals surface area contributed by atoms with Crippen LogP contribution in [0.3, 0.4) is 0 Å². The molecule has 0 saturated carbocycles. The van der Waals surface area contributed by atoms with E-state index in [4.69, 9.17) is 11.5 Å². The number of hydrogen-bond donors (Lipinski definition) is 3. The lowest BCUT2D eigenvalue weighted by atomic mass is 9.96. The van der Waals surface area contributed by atoms with Gasteiger partial charge >= 0.3 is 0 Å². The number of rotatable bonds is 1. The van der Waals surface area contributed by atoms with Crippen LogP contribution in [0.25, 0.3) is 0 Å². The van der Waals surface area contributed by atoms with Gasteiger partial charge in [0.15, 0.2) is 0 Å². The van der Waals surface area contributed by atoms with E-state index in [-0.39, 0.29) is 0 Å². The van der Waals surface area contributed by atoms with Crippen LogP contribution in [0, 0.1) is 0 Å². The molecule has 1 aromatic carbocycles. The van der Waals surface area contributed by atoms with Gasteiger partial charge < -0.3 is 16.8 Å². The first-order valence-electron chi connectivity index (χ1n) is 4.16. The molecule has 1 fully saturated rings. The molecule has 0 radical (unpaired) electrons. The molecule has 1 atom stereocenters. The van der Waals surface area contributed by atoms with Crippen molar-refractivity contribution < 1.29 is 0 Å². The van der Waals surface area contributed by atoms with Crippen LogP contribution in [0.15, 0.2) is 18.2 Å². The van der Waals surface area contributed by atoms with Crippen molar-refractivity contribution >= 4 is 11.4 Å². The van der Waals surface area contributed by atoms with Gasteiger partial charge in [-0.2, -0.15) is 0 Å². The zero-order valence-electron chi connectivity index (χ0n) is 6.88. The van der Waals surface area contributed by atoms with Crippen molar-refractivity contribution in [3.8, 4) is 0 Å². The molecule has 64 valence electrons. The van der Waals surface area contributed by atoms with Crippen LogP contribution < -0.4 is 16.8 Å². The van der Waals surface area contributed by atoms with Gasteiger partial charge in [0.25, 0.3) is 0 Å². The number of benzene rings is 1. The van der Waals surface area contributed by atoms with Crippen LogP contribution >= 0.6 is 0 Å². The summed E-state index contributed by atoms with van der Waals surface area (Å²) in [5.74, 6) is 0. The molecule has 1 saturated heterocycles. The Bertz CT molecular complexity index is 292. The van der Waals surface area contributed by atoms with Crippen LogP contribution in [0.5, 0.6) is 0 Å². The van der Waals surface area contributed by atoms with E-state index in [2.05, 4.69) is 5.32 Å². The second-order valence-corrected chi connectivity index (χ2v) is 3.15. The largest absolute Gasteiger partial charge is 0.397 e. The molecule has 5 N–H and O–H groups in total. The fourth-order valence-electron chi connectivity index (χ4n) is 1.46. The summed E-state index contributed by atoms with van der Waals surface area (Å²) < 4.78 is 0. The van der Waals surface area contributed by atoms with Crippen LogP contribution in [0.1, 0.15) is 18.0 Å². The van der Waals surface area contributed by atoms with Gasteiger partial charge in [-0.15, -0.1) is 0 Å². The Balaban J connectivity index is 2.36. The van der Waals surface area contributed by atoms with Gasteiger partial charge in [0.1, 0.15) is 0 Å². The summed E-state index contributed by atoms with van der Waals surface area (Å²) in [5, 5.41) is 3.29. The Morgan fingerprint density at radius 2 is 2.08 bits per heavy atom. The summed E-state index contributed by atoms with van der Waals surface area (Å²) in [4.78, 5) is 0. The molecule has 0 aromatic heterocycles. The van der Waals surface area contributed by atoms with Gasteiger partial charge in [-0.05, 0) is 24.6 Å². The maximum atomic E-state index is 5.83. The predicted octanol–water partition coefficient (Wildman–Crippen LogP) is 0.885. The second kappa shape index (κ2) is 2.68.